The predicted molar refractivity (Wildman–Crippen MR) is 48.6 cm³/mol. The van der Waals surface area contributed by atoms with Gasteiger partial charge in [-0.1, -0.05) is 12.1 Å². The summed E-state index contributed by atoms with van der Waals surface area (Å²) in [7, 11) is 1.71. The molecule has 2 radical (unpaired) electrons. The van der Waals surface area contributed by atoms with Crippen LogP contribution in [0.25, 0.3) is 0 Å². The molecule has 0 spiro atoms. The van der Waals surface area contributed by atoms with E-state index >= 15 is 0 Å². The minimum atomic E-state index is -0.148. The molecule has 1 aromatic rings. The second-order valence-corrected chi connectivity index (χ2v) is 2.80. The molecule has 0 N–H and O–H groups in total. The summed E-state index contributed by atoms with van der Waals surface area (Å²) in [6.45, 7) is 0.222. The Bertz CT molecular complexity index is 335. The first-order valence-electron chi connectivity index (χ1n) is 4.02. The maximum absolute atomic E-state index is 11.3. The van der Waals surface area contributed by atoms with Gasteiger partial charge in [0.25, 0.3) is 0 Å². The molecule has 1 heterocycles. The van der Waals surface area contributed by atoms with Crippen LogP contribution in [0.1, 0.15) is 0 Å². The van der Waals surface area contributed by atoms with Crippen LogP contribution in [0, 0.1) is 6.42 Å². The van der Waals surface area contributed by atoms with Crippen LogP contribution in [0.5, 0.6) is 5.75 Å². The van der Waals surface area contributed by atoms with Crippen molar-refractivity contribution in [2.75, 3.05) is 18.6 Å². The second-order valence-electron chi connectivity index (χ2n) is 2.80. The summed E-state index contributed by atoms with van der Waals surface area (Å²) >= 11 is 0. The molecule has 66 valence electrons. The molecule has 0 saturated heterocycles. The van der Waals surface area contributed by atoms with Crippen molar-refractivity contribution in [1.29, 1.82) is 0 Å². The normalized spacial score (nSPS) is 16.1. The molecule has 3 nitrogen and oxygen atoms in total. The van der Waals surface area contributed by atoms with Crippen LogP contribution in [0.3, 0.4) is 0 Å². The maximum atomic E-state index is 11.3. The Labute approximate surface area is 76.9 Å². The van der Waals surface area contributed by atoms with E-state index in [4.69, 9.17) is 4.74 Å². The van der Waals surface area contributed by atoms with E-state index in [1.165, 1.54) is 4.90 Å². The molecule has 0 atom stereocenters. The lowest BCUT2D eigenvalue weighted by atomic mass is 10.2. The molecule has 0 bridgehead atoms. The smallest absolute Gasteiger partial charge is 0.239 e. The molecule has 1 aliphatic rings. The number of nitrogens with zero attached hydrogens (tertiary/aromatic N) is 1. The van der Waals surface area contributed by atoms with Gasteiger partial charge < -0.3 is 9.64 Å². The van der Waals surface area contributed by atoms with Crippen LogP contribution < -0.4 is 9.64 Å². The Morgan fingerprint density at radius 3 is 3.08 bits per heavy atom. The zero-order chi connectivity index (χ0) is 9.26. The third-order valence-electron chi connectivity index (χ3n) is 1.98. The van der Waals surface area contributed by atoms with Crippen molar-refractivity contribution in [3.63, 3.8) is 0 Å². The zero-order valence-corrected chi connectivity index (χ0v) is 7.28. The van der Waals surface area contributed by atoms with Gasteiger partial charge in [0.1, 0.15) is 18.8 Å². The van der Waals surface area contributed by atoms with Gasteiger partial charge in [-0.15, -0.1) is 0 Å². The Kier molecular flexibility index (Phi) is 1.93. The van der Waals surface area contributed by atoms with E-state index < -0.39 is 0 Å². The molecular formula is C10H9NO2. The fourth-order valence-electron chi connectivity index (χ4n) is 1.26. The molecule has 0 unspecified atom stereocenters. The van der Waals surface area contributed by atoms with Crippen molar-refractivity contribution in [1.82, 2.24) is 0 Å². The van der Waals surface area contributed by atoms with Gasteiger partial charge in [0.15, 0.2) is 0 Å². The monoisotopic (exact) mass is 175 g/mol. The summed E-state index contributed by atoms with van der Waals surface area (Å²) in [6, 6.07) is 7.44. The Morgan fingerprint density at radius 2 is 2.23 bits per heavy atom. The summed E-state index contributed by atoms with van der Waals surface area (Å²) in [5, 5.41) is 0. The van der Waals surface area contributed by atoms with E-state index in [2.05, 4.69) is 6.42 Å². The van der Waals surface area contributed by atoms with Crippen molar-refractivity contribution < 1.29 is 9.53 Å². The number of carbonyl (C=O) groups is 1. The van der Waals surface area contributed by atoms with E-state index in [9.17, 15) is 4.79 Å². The fraction of sp³-hybridized carbons (Fsp3) is 0.200. The minimum absolute atomic E-state index is 0.148. The van der Waals surface area contributed by atoms with E-state index in [0.717, 1.165) is 11.4 Å². The minimum Gasteiger partial charge on any atom is -0.490 e. The van der Waals surface area contributed by atoms with Crippen molar-refractivity contribution in [3.05, 3.63) is 30.7 Å². The number of amides is 1. The van der Waals surface area contributed by atoms with Gasteiger partial charge >= 0.3 is 0 Å². The highest BCUT2D eigenvalue weighted by molar-refractivity contribution is 6.00. The summed E-state index contributed by atoms with van der Waals surface area (Å²) < 4.78 is 5.32. The van der Waals surface area contributed by atoms with Gasteiger partial charge in [0.05, 0.1) is 5.69 Å². The van der Waals surface area contributed by atoms with Gasteiger partial charge in [0, 0.05) is 7.05 Å². The van der Waals surface area contributed by atoms with Gasteiger partial charge in [-0.25, -0.2) is 0 Å². The van der Waals surface area contributed by atoms with Crippen molar-refractivity contribution in [2.45, 2.75) is 0 Å². The van der Waals surface area contributed by atoms with Crippen molar-refractivity contribution in [2.24, 2.45) is 0 Å². The van der Waals surface area contributed by atoms with Crippen LogP contribution in [0.15, 0.2) is 24.3 Å². The highest BCUT2D eigenvalue weighted by Crippen LogP contribution is 2.29. The fourth-order valence-corrected chi connectivity index (χ4v) is 1.26. The number of hydrogen-bond acceptors (Lipinski definition) is 2. The molecule has 13 heavy (non-hydrogen) atoms. The summed E-state index contributed by atoms with van der Waals surface area (Å²) in [6.07, 6.45) is 2.61. The van der Waals surface area contributed by atoms with Crippen molar-refractivity contribution in [3.8, 4) is 5.75 Å². The van der Waals surface area contributed by atoms with Gasteiger partial charge in [-0.05, 0) is 12.1 Å². The van der Waals surface area contributed by atoms with E-state index in [-0.39, 0.29) is 12.5 Å². The number of carbonyl (C=O) groups excluding carboxylic acids is 1. The third-order valence-corrected chi connectivity index (χ3v) is 1.98. The lowest BCUT2D eigenvalue weighted by molar-refractivity contribution is -0.115. The molecule has 1 aliphatic heterocycles. The molecule has 0 aromatic heterocycles. The van der Waals surface area contributed by atoms with E-state index in [0.29, 0.717) is 0 Å². The van der Waals surface area contributed by atoms with E-state index in [1.54, 1.807) is 7.05 Å². The Morgan fingerprint density at radius 1 is 1.46 bits per heavy atom. The molecule has 0 aliphatic carbocycles. The first-order valence-corrected chi connectivity index (χ1v) is 4.02. The first-order chi connectivity index (χ1) is 6.29. The van der Waals surface area contributed by atoms with Gasteiger partial charge in [-0.3, -0.25) is 4.79 Å². The summed E-state index contributed by atoms with van der Waals surface area (Å²) in [5.74, 6) is 0.577. The second kappa shape index (κ2) is 3.09. The number of anilines is 1. The lowest BCUT2D eigenvalue weighted by Crippen LogP contribution is -2.25. The molecule has 1 amide bonds. The van der Waals surface area contributed by atoms with Crippen LogP contribution in [-0.2, 0) is 4.79 Å². The molecular weight excluding hydrogens is 166 g/mol. The molecule has 0 fully saturated rings. The van der Waals surface area contributed by atoms with E-state index in [1.807, 2.05) is 24.3 Å². The first kappa shape index (κ1) is 8.10. The SMILES string of the molecule is CN1C(=O)[C]COc2ccccc21. The van der Waals surface area contributed by atoms with Gasteiger partial charge in [0.2, 0.25) is 5.91 Å². The van der Waals surface area contributed by atoms with Crippen LogP contribution >= 0.6 is 0 Å². The molecule has 0 saturated carbocycles. The van der Waals surface area contributed by atoms with Crippen LogP contribution in [0.2, 0.25) is 0 Å². The molecule has 1 aromatic carbocycles. The Hall–Kier alpha value is -1.51. The maximum Gasteiger partial charge on any atom is 0.239 e. The lowest BCUT2D eigenvalue weighted by Gasteiger charge is -2.15. The van der Waals surface area contributed by atoms with Crippen LogP contribution in [0.4, 0.5) is 5.69 Å². The average molecular weight is 175 g/mol. The number of fused-ring (bicyclic) bond motifs is 1. The number of hydrogen-bond donors (Lipinski definition) is 0. The third kappa shape index (κ3) is 1.37. The predicted octanol–water partition coefficient (Wildman–Crippen LogP) is 1.12. The topological polar surface area (TPSA) is 29.5 Å². The number of para-hydroxylation sites is 2. The quantitative estimate of drug-likeness (QED) is 0.591. The average Bonchev–Trinajstić information content (AvgIpc) is 2.29. The highest BCUT2D eigenvalue weighted by atomic mass is 16.5. The standard InChI is InChI=1S/C10H9NO2/c1-11-8-4-2-3-5-9(8)13-7-6-10(11)12/h2-5H,7H2,1H3. The molecule has 3 heteroatoms. The van der Waals surface area contributed by atoms with Crippen molar-refractivity contribution >= 4 is 11.6 Å². The summed E-state index contributed by atoms with van der Waals surface area (Å²) in [5.41, 5.74) is 0.789. The summed E-state index contributed by atoms with van der Waals surface area (Å²) in [4.78, 5) is 12.8. The Balaban J connectivity index is 2.46. The highest BCUT2D eigenvalue weighted by Gasteiger charge is 2.19. The zero-order valence-electron chi connectivity index (χ0n) is 7.28. The van der Waals surface area contributed by atoms with Crippen LogP contribution in [-0.4, -0.2) is 19.6 Å². The number of benzene rings is 1. The van der Waals surface area contributed by atoms with Gasteiger partial charge in [-0.2, -0.15) is 0 Å². The number of rotatable bonds is 0. The number of ether oxygens (including phenoxy) is 1. The largest absolute Gasteiger partial charge is 0.490 e. The molecule has 2 rings (SSSR count).